The third-order valence-electron chi connectivity index (χ3n) is 4.57. The summed E-state index contributed by atoms with van der Waals surface area (Å²) < 4.78 is 0.522. The molecule has 0 spiro atoms. The average molecular weight is 492 g/mol. The fraction of sp³-hybridized carbons (Fsp3) is 0.0435. The second kappa shape index (κ2) is 10.7. The highest BCUT2D eigenvalue weighted by Gasteiger charge is 2.13. The van der Waals surface area contributed by atoms with Crippen molar-refractivity contribution in [3.05, 3.63) is 94.5 Å². The lowest BCUT2D eigenvalue weighted by molar-refractivity contribution is -0.384. The Hall–Kier alpha value is -4.09. The third-order valence-corrected chi connectivity index (χ3v) is 6.54. The molecule has 0 aliphatic heterocycles. The van der Waals surface area contributed by atoms with Crippen molar-refractivity contribution in [2.45, 2.75) is 4.34 Å². The lowest BCUT2D eigenvalue weighted by Crippen LogP contribution is -2.13. The van der Waals surface area contributed by atoms with E-state index in [9.17, 15) is 19.7 Å². The molecule has 1 heterocycles. The van der Waals surface area contributed by atoms with Crippen LogP contribution in [0, 0.1) is 10.1 Å². The fourth-order valence-corrected chi connectivity index (χ4v) is 4.47. The molecule has 4 rings (SSSR count). The molecule has 0 unspecified atom stereocenters. The van der Waals surface area contributed by atoms with Gasteiger partial charge < -0.3 is 5.32 Å². The predicted molar refractivity (Wildman–Crippen MR) is 132 cm³/mol. The van der Waals surface area contributed by atoms with Gasteiger partial charge in [0.15, 0.2) is 4.34 Å². The molecule has 1 aromatic heterocycles. The number of aromatic nitrogens is 2. The molecule has 0 saturated heterocycles. The Morgan fingerprint density at radius 2 is 1.56 bits per heavy atom. The highest BCUT2D eigenvalue weighted by molar-refractivity contribution is 8.01. The van der Waals surface area contributed by atoms with Crippen molar-refractivity contribution >= 4 is 51.4 Å². The van der Waals surface area contributed by atoms with Gasteiger partial charge in [-0.25, -0.2) is 0 Å². The van der Waals surface area contributed by atoms with Crippen molar-refractivity contribution in [2.75, 3.05) is 16.4 Å². The molecule has 2 amide bonds. The van der Waals surface area contributed by atoms with Crippen LogP contribution in [0.3, 0.4) is 0 Å². The van der Waals surface area contributed by atoms with Crippen LogP contribution in [0.2, 0.25) is 0 Å². The highest BCUT2D eigenvalue weighted by Crippen LogP contribution is 2.26. The number of rotatable bonds is 8. The summed E-state index contributed by atoms with van der Waals surface area (Å²) in [5.41, 5.74) is 3.01. The van der Waals surface area contributed by atoms with E-state index in [0.29, 0.717) is 10.0 Å². The van der Waals surface area contributed by atoms with Crippen LogP contribution in [-0.4, -0.2) is 32.7 Å². The van der Waals surface area contributed by atoms with Crippen molar-refractivity contribution in [2.24, 2.45) is 0 Å². The number of nitrogens with one attached hydrogen (secondary N) is 2. The predicted octanol–water partition coefficient (Wildman–Crippen LogP) is 5.10. The van der Waals surface area contributed by atoms with E-state index < -0.39 is 10.8 Å². The zero-order valence-electron chi connectivity index (χ0n) is 17.5. The molecule has 0 atom stereocenters. The molecule has 0 radical (unpaired) electrons. The first-order valence-electron chi connectivity index (χ1n) is 9.95. The molecular weight excluding hydrogens is 474 g/mol. The largest absolute Gasteiger partial charge is 0.325 e. The molecular formula is C23H17N5O4S2. The van der Waals surface area contributed by atoms with Gasteiger partial charge in [-0.3, -0.25) is 25.0 Å². The summed E-state index contributed by atoms with van der Waals surface area (Å²) >= 11 is 2.34. The SMILES string of the molecule is O=C(CSc1nnc(NC(=O)c2ccc([N+](=O)[O-])cc2)s1)Nc1ccc(-c2ccccc2)cc1. The smallest absolute Gasteiger partial charge is 0.269 e. The van der Waals surface area contributed by atoms with Crippen LogP contribution in [0.15, 0.2) is 83.2 Å². The standard InChI is InChI=1S/C23H17N5O4S2/c29-20(24-18-10-6-16(7-11-18)15-4-2-1-3-5-15)14-33-23-27-26-22(34-23)25-21(30)17-8-12-19(13-9-17)28(31)32/h1-13H,14H2,(H,24,29)(H,25,26,30). The van der Waals surface area contributed by atoms with Gasteiger partial charge in [0.05, 0.1) is 10.7 Å². The molecule has 0 fully saturated rings. The van der Waals surface area contributed by atoms with E-state index in [0.717, 1.165) is 22.5 Å². The molecule has 4 aromatic rings. The second-order valence-corrected chi connectivity index (χ2v) is 9.11. The number of anilines is 2. The summed E-state index contributed by atoms with van der Waals surface area (Å²) in [5, 5.41) is 24.3. The van der Waals surface area contributed by atoms with Crippen molar-refractivity contribution in [1.29, 1.82) is 0 Å². The summed E-state index contributed by atoms with van der Waals surface area (Å²) in [7, 11) is 0. The number of nitro benzene ring substituents is 1. The molecule has 9 nitrogen and oxygen atoms in total. The molecule has 0 saturated carbocycles. The number of hydrogen-bond acceptors (Lipinski definition) is 8. The highest BCUT2D eigenvalue weighted by atomic mass is 32.2. The minimum Gasteiger partial charge on any atom is -0.325 e. The number of thioether (sulfide) groups is 1. The maximum Gasteiger partial charge on any atom is 0.269 e. The number of non-ortho nitro benzene ring substituents is 1. The van der Waals surface area contributed by atoms with Gasteiger partial charge in [-0.15, -0.1) is 10.2 Å². The average Bonchev–Trinajstić information content (AvgIpc) is 3.31. The number of carbonyl (C=O) groups excluding carboxylic acids is 2. The first-order chi connectivity index (χ1) is 16.5. The lowest BCUT2D eigenvalue weighted by atomic mass is 10.1. The molecule has 0 aliphatic carbocycles. The van der Waals surface area contributed by atoms with Crippen molar-refractivity contribution in [1.82, 2.24) is 10.2 Å². The zero-order chi connectivity index (χ0) is 23.9. The molecule has 34 heavy (non-hydrogen) atoms. The Balaban J connectivity index is 1.26. The Morgan fingerprint density at radius 3 is 2.24 bits per heavy atom. The second-order valence-electron chi connectivity index (χ2n) is 6.91. The van der Waals surface area contributed by atoms with Gasteiger partial charge in [0.25, 0.3) is 11.6 Å². The van der Waals surface area contributed by atoms with Gasteiger partial charge in [-0.05, 0) is 35.4 Å². The number of nitrogens with zero attached hydrogens (tertiary/aromatic N) is 3. The van der Waals surface area contributed by atoms with Crippen LogP contribution in [-0.2, 0) is 4.79 Å². The monoisotopic (exact) mass is 491 g/mol. The molecule has 3 aromatic carbocycles. The topological polar surface area (TPSA) is 127 Å². The Labute approximate surface area is 202 Å². The Kier molecular flexibility index (Phi) is 7.25. The number of carbonyl (C=O) groups is 2. The first-order valence-corrected chi connectivity index (χ1v) is 11.8. The number of nitro groups is 1. The van der Waals surface area contributed by atoms with E-state index in [-0.39, 0.29) is 28.0 Å². The molecule has 170 valence electrons. The fourth-order valence-electron chi connectivity index (χ4n) is 2.92. The summed E-state index contributed by atoms with van der Waals surface area (Å²) in [6.45, 7) is 0. The van der Waals surface area contributed by atoms with E-state index >= 15 is 0 Å². The van der Waals surface area contributed by atoms with Gasteiger partial charge >= 0.3 is 0 Å². The quantitative estimate of drug-likeness (QED) is 0.152. The van der Waals surface area contributed by atoms with Crippen LogP contribution < -0.4 is 10.6 Å². The van der Waals surface area contributed by atoms with Gasteiger partial charge in [-0.2, -0.15) is 0 Å². The number of amides is 2. The minimum atomic E-state index is -0.536. The molecule has 0 aliphatic rings. The van der Waals surface area contributed by atoms with Crippen molar-refractivity contribution in [3.8, 4) is 11.1 Å². The summed E-state index contributed by atoms with van der Waals surface area (Å²) in [6, 6.07) is 22.8. The van der Waals surface area contributed by atoms with E-state index in [1.54, 1.807) is 0 Å². The van der Waals surface area contributed by atoms with E-state index in [1.165, 1.54) is 36.0 Å². The minimum absolute atomic E-state index is 0.100. The zero-order valence-corrected chi connectivity index (χ0v) is 19.1. The van der Waals surface area contributed by atoms with Crippen LogP contribution in [0.5, 0.6) is 0 Å². The lowest BCUT2D eigenvalue weighted by Gasteiger charge is -2.06. The van der Waals surface area contributed by atoms with Gasteiger partial charge in [0, 0.05) is 23.4 Å². The summed E-state index contributed by atoms with van der Waals surface area (Å²) in [5.74, 6) is -0.519. The summed E-state index contributed by atoms with van der Waals surface area (Å²) in [6.07, 6.45) is 0. The van der Waals surface area contributed by atoms with Crippen LogP contribution in [0.4, 0.5) is 16.5 Å². The van der Waals surface area contributed by atoms with Crippen molar-refractivity contribution < 1.29 is 14.5 Å². The number of hydrogen-bond donors (Lipinski definition) is 2. The van der Waals surface area contributed by atoms with E-state index in [1.807, 2.05) is 54.6 Å². The van der Waals surface area contributed by atoms with Crippen LogP contribution in [0.1, 0.15) is 10.4 Å². The van der Waals surface area contributed by atoms with Crippen LogP contribution >= 0.6 is 23.1 Å². The van der Waals surface area contributed by atoms with Gasteiger partial charge in [0.1, 0.15) is 0 Å². The molecule has 11 heteroatoms. The van der Waals surface area contributed by atoms with Gasteiger partial charge in [-0.1, -0.05) is 65.6 Å². The maximum absolute atomic E-state index is 12.3. The van der Waals surface area contributed by atoms with E-state index in [4.69, 9.17) is 0 Å². The van der Waals surface area contributed by atoms with Crippen LogP contribution in [0.25, 0.3) is 11.1 Å². The first kappa shape index (κ1) is 23.1. The Bertz CT molecular complexity index is 1310. The maximum atomic E-state index is 12.3. The molecule has 2 N–H and O–H groups in total. The molecule has 0 bridgehead atoms. The number of benzene rings is 3. The summed E-state index contributed by atoms with van der Waals surface area (Å²) in [4.78, 5) is 34.7. The Morgan fingerprint density at radius 1 is 0.882 bits per heavy atom. The van der Waals surface area contributed by atoms with Crippen molar-refractivity contribution in [3.63, 3.8) is 0 Å². The normalized spacial score (nSPS) is 10.5. The third kappa shape index (κ3) is 6.03. The van der Waals surface area contributed by atoms with Gasteiger partial charge in [0.2, 0.25) is 11.0 Å². The van der Waals surface area contributed by atoms with E-state index in [2.05, 4.69) is 20.8 Å².